The van der Waals surface area contributed by atoms with Crippen molar-refractivity contribution in [2.45, 2.75) is 45.6 Å². The van der Waals surface area contributed by atoms with Gasteiger partial charge in [0.1, 0.15) is 0 Å². The summed E-state index contributed by atoms with van der Waals surface area (Å²) in [5.74, 6) is 2.85. The van der Waals surface area contributed by atoms with Gasteiger partial charge >= 0.3 is 0 Å². The fourth-order valence-corrected chi connectivity index (χ4v) is 3.37. The van der Waals surface area contributed by atoms with Crippen LogP contribution in [0, 0.1) is 11.8 Å². The fraction of sp³-hybridized carbons (Fsp3) is 0.917. The number of nitrogens with zero attached hydrogens (tertiary/aromatic N) is 1. The second-order valence-corrected chi connectivity index (χ2v) is 6.03. The van der Waals surface area contributed by atoms with Crippen LogP contribution in [0.3, 0.4) is 0 Å². The summed E-state index contributed by atoms with van der Waals surface area (Å²) in [6.07, 6.45) is 5.63. The van der Waals surface area contributed by atoms with Crippen molar-refractivity contribution < 1.29 is 0 Å². The van der Waals surface area contributed by atoms with Crippen molar-refractivity contribution in [1.82, 2.24) is 5.32 Å². The maximum atomic E-state index is 4.72. The molecule has 1 aliphatic heterocycles. The molecule has 1 aliphatic carbocycles. The molecule has 0 spiro atoms. The highest BCUT2D eigenvalue weighted by molar-refractivity contribution is 8.13. The molecule has 1 saturated carbocycles. The molecular formula is C12H22N2S. The van der Waals surface area contributed by atoms with E-state index in [0.717, 1.165) is 18.4 Å². The van der Waals surface area contributed by atoms with E-state index in [-0.39, 0.29) is 0 Å². The van der Waals surface area contributed by atoms with Crippen molar-refractivity contribution in [1.29, 1.82) is 0 Å². The quantitative estimate of drug-likeness (QED) is 0.783. The van der Waals surface area contributed by atoms with E-state index in [4.69, 9.17) is 4.99 Å². The van der Waals surface area contributed by atoms with Gasteiger partial charge < -0.3 is 5.32 Å². The molecule has 2 aliphatic rings. The van der Waals surface area contributed by atoms with E-state index < -0.39 is 0 Å². The first kappa shape index (κ1) is 11.3. The van der Waals surface area contributed by atoms with Crippen molar-refractivity contribution in [3.05, 3.63) is 0 Å². The molecule has 2 atom stereocenters. The Hall–Kier alpha value is -0.180. The lowest BCUT2D eigenvalue weighted by atomic mass is 10.1. The maximum Gasteiger partial charge on any atom is 0.156 e. The van der Waals surface area contributed by atoms with E-state index in [0.29, 0.717) is 6.04 Å². The molecule has 0 bridgehead atoms. The Bertz CT molecular complexity index is 234. The number of rotatable bonds is 2. The van der Waals surface area contributed by atoms with Gasteiger partial charge in [-0.1, -0.05) is 31.5 Å². The zero-order chi connectivity index (χ0) is 10.7. The van der Waals surface area contributed by atoms with Crippen LogP contribution in [0.5, 0.6) is 0 Å². The van der Waals surface area contributed by atoms with Gasteiger partial charge in [0.15, 0.2) is 5.17 Å². The zero-order valence-electron chi connectivity index (χ0n) is 9.83. The molecule has 2 nitrogen and oxygen atoms in total. The van der Waals surface area contributed by atoms with Gasteiger partial charge in [-0.25, -0.2) is 0 Å². The predicted octanol–water partition coefficient (Wildman–Crippen LogP) is 2.89. The summed E-state index contributed by atoms with van der Waals surface area (Å²) in [6, 6.07) is 0.591. The molecule has 1 saturated heterocycles. The van der Waals surface area contributed by atoms with E-state index in [9.17, 15) is 0 Å². The largest absolute Gasteiger partial charge is 0.362 e. The number of nitrogens with one attached hydrogen (secondary N) is 1. The summed E-state index contributed by atoms with van der Waals surface area (Å²) in [5, 5.41) is 4.69. The highest BCUT2D eigenvalue weighted by atomic mass is 32.2. The van der Waals surface area contributed by atoms with Crippen molar-refractivity contribution in [3.8, 4) is 0 Å². The zero-order valence-corrected chi connectivity index (χ0v) is 10.6. The molecule has 0 aromatic heterocycles. The van der Waals surface area contributed by atoms with Crippen molar-refractivity contribution in [2.24, 2.45) is 16.8 Å². The van der Waals surface area contributed by atoms with E-state index in [1.807, 2.05) is 11.8 Å². The van der Waals surface area contributed by atoms with E-state index in [1.165, 1.54) is 36.6 Å². The number of hydrogen-bond acceptors (Lipinski definition) is 2. The van der Waals surface area contributed by atoms with Crippen LogP contribution >= 0.6 is 11.8 Å². The third-order valence-corrected chi connectivity index (χ3v) is 4.87. The first-order chi connectivity index (χ1) is 7.25. The van der Waals surface area contributed by atoms with Gasteiger partial charge in [-0.05, 0) is 31.6 Å². The molecule has 3 heteroatoms. The third kappa shape index (κ3) is 3.13. The first-order valence-electron chi connectivity index (χ1n) is 6.19. The van der Waals surface area contributed by atoms with Gasteiger partial charge in [0.25, 0.3) is 0 Å². The Kier molecular flexibility index (Phi) is 3.95. The second-order valence-electron chi connectivity index (χ2n) is 5.02. The Balaban J connectivity index is 1.80. The lowest BCUT2D eigenvalue weighted by molar-refractivity contribution is 0.487. The average Bonchev–Trinajstić information content (AvgIpc) is 2.73. The molecule has 15 heavy (non-hydrogen) atoms. The maximum absolute atomic E-state index is 4.72. The Labute approximate surface area is 97.3 Å². The summed E-state index contributed by atoms with van der Waals surface area (Å²) >= 11 is 1.90. The van der Waals surface area contributed by atoms with Crippen LogP contribution in [-0.2, 0) is 0 Å². The normalized spacial score (nSPS) is 35.7. The first-order valence-corrected chi connectivity index (χ1v) is 7.18. The molecule has 1 N–H and O–H groups in total. The number of amidine groups is 1. The lowest BCUT2D eigenvalue weighted by Gasteiger charge is -2.28. The second kappa shape index (κ2) is 5.24. The molecule has 0 amide bonds. The molecular weight excluding hydrogens is 204 g/mol. The number of hydrogen-bond donors (Lipinski definition) is 1. The summed E-state index contributed by atoms with van der Waals surface area (Å²) in [7, 11) is 0. The topological polar surface area (TPSA) is 24.4 Å². The van der Waals surface area contributed by atoms with Gasteiger partial charge in [-0.3, -0.25) is 4.99 Å². The van der Waals surface area contributed by atoms with E-state index >= 15 is 0 Å². The van der Waals surface area contributed by atoms with Crippen molar-refractivity contribution >= 4 is 16.9 Å². The molecule has 0 radical (unpaired) electrons. The minimum absolute atomic E-state index is 0.591. The minimum Gasteiger partial charge on any atom is -0.362 e. The fourth-order valence-electron chi connectivity index (χ4n) is 2.23. The van der Waals surface area contributed by atoms with Gasteiger partial charge in [-0.2, -0.15) is 0 Å². The van der Waals surface area contributed by atoms with Crippen LogP contribution in [0.2, 0.25) is 0 Å². The number of thioether (sulfide) groups is 1. The Morgan fingerprint density at radius 3 is 2.73 bits per heavy atom. The third-order valence-electron chi connectivity index (χ3n) is 3.66. The molecule has 2 fully saturated rings. The van der Waals surface area contributed by atoms with E-state index in [1.54, 1.807) is 0 Å². The number of aliphatic imine (C=N–C) groups is 1. The molecule has 2 unspecified atom stereocenters. The van der Waals surface area contributed by atoms with Gasteiger partial charge in [0.05, 0.1) is 0 Å². The average molecular weight is 226 g/mol. The lowest BCUT2D eigenvalue weighted by Crippen LogP contribution is -2.41. The Morgan fingerprint density at radius 2 is 2.07 bits per heavy atom. The molecule has 86 valence electrons. The molecule has 1 heterocycles. The van der Waals surface area contributed by atoms with Crippen LogP contribution in [-0.4, -0.2) is 23.5 Å². The van der Waals surface area contributed by atoms with Crippen molar-refractivity contribution in [3.63, 3.8) is 0 Å². The minimum atomic E-state index is 0.591. The summed E-state index contributed by atoms with van der Waals surface area (Å²) < 4.78 is 0. The van der Waals surface area contributed by atoms with Crippen LogP contribution in [0.4, 0.5) is 0 Å². The van der Waals surface area contributed by atoms with Gasteiger partial charge in [0, 0.05) is 18.3 Å². The summed E-state index contributed by atoms with van der Waals surface area (Å²) in [5.41, 5.74) is 0. The smallest absolute Gasteiger partial charge is 0.156 e. The summed E-state index contributed by atoms with van der Waals surface area (Å²) in [4.78, 5) is 4.72. The predicted molar refractivity (Wildman–Crippen MR) is 68.5 cm³/mol. The van der Waals surface area contributed by atoms with Crippen molar-refractivity contribution in [2.75, 3.05) is 12.3 Å². The monoisotopic (exact) mass is 226 g/mol. The van der Waals surface area contributed by atoms with Crippen LogP contribution in [0.1, 0.15) is 39.5 Å². The SMILES string of the molecule is CC1CSC(=NCC2CCCC2)NC1C. The highest BCUT2D eigenvalue weighted by Gasteiger charge is 2.21. The van der Waals surface area contributed by atoms with E-state index in [2.05, 4.69) is 19.2 Å². The standard InChI is InChI=1S/C12H22N2S/c1-9-8-15-12(14-10(9)2)13-7-11-5-3-4-6-11/h9-11H,3-8H2,1-2H3,(H,13,14). The molecule has 2 rings (SSSR count). The van der Waals surface area contributed by atoms with Gasteiger partial charge in [-0.15, -0.1) is 0 Å². The van der Waals surface area contributed by atoms with Crippen LogP contribution in [0.15, 0.2) is 4.99 Å². The summed E-state index contributed by atoms with van der Waals surface area (Å²) in [6.45, 7) is 5.62. The molecule has 0 aromatic rings. The van der Waals surface area contributed by atoms with Crippen LogP contribution < -0.4 is 5.32 Å². The highest BCUT2D eigenvalue weighted by Crippen LogP contribution is 2.25. The van der Waals surface area contributed by atoms with Crippen LogP contribution in [0.25, 0.3) is 0 Å². The molecule has 0 aromatic carbocycles. The Morgan fingerprint density at radius 1 is 1.33 bits per heavy atom. The van der Waals surface area contributed by atoms with Gasteiger partial charge in [0.2, 0.25) is 0 Å².